The van der Waals surface area contributed by atoms with Crippen molar-refractivity contribution in [3.63, 3.8) is 0 Å². The minimum absolute atomic E-state index is 0.302. The van der Waals surface area contributed by atoms with Crippen LogP contribution in [0.3, 0.4) is 0 Å². The van der Waals surface area contributed by atoms with Crippen LogP contribution in [0.1, 0.15) is 36.8 Å². The van der Waals surface area contributed by atoms with E-state index in [1.807, 2.05) is 30.3 Å². The molecule has 3 rings (SSSR count). The summed E-state index contributed by atoms with van der Waals surface area (Å²) < 4.78 is 11.5. The Morgan fingerprint density at radius 1 is 1.17 bits per heavy atom. The molecule has 126 valence electrons. The summed E-state index contributed by atoms with van der Waals surface area (Å²) in [5.41, 5.74) is 5.16. The fraction of sp³-hybridized carbons (Fsp3) is 0.368. The predicted octanol–water partition coefficient (Wildman–Crippen LogP) is 3.54. The van der Waals surface area contributed by atoms with Crippen molar-refractivity contribution in [1.29, 1.82) is 0 Å². The van der Waals surface area contributed by atoms with Crippen molar-refractivity contribution in [3.8, 4) is 11.5 Å². The van der Waals surface area contributed by atoms with Gasteiger partial charge >= 0.3 is 0 Å². The molecule has 1 saturated carbocycles. The fourth-order valence-corrected chi connectivity index (χ4v) is 2.81. The van der Waals surface area contributed by atoms with Gasteiger partial charge in [-0.05, 0) is 67.1 Å². The van der Waals surface area contributed by atoms with Crippen molar-refractivity contribution in [2.24, 2.45) is 5.10 Å². The first-order chi connectivity index (χ1) is 11.8. The normalized spacial score (nSPS) is 14.9. The van der Waals surface area contributed by atoms with Gasteiger partial charge in [0.25, 0.3) is 0 Å². The number of ether oxygens (including phenoxy) is 2. The number of pyridine rings is 1. The third-order valence-electron chi connectivity index (χ3n) is 4.12. The van der Waals surface area contributed by atoms with Gasteiger partial charge in [-0.1, -0.05) is 0 Å². The van der Waals surface area contributed by atoms with Crippen LogP contribution in [0.15, 0.2) is 47.8 Å². The van der Waals surface area contributed by atoms with Crippen molar-refractivity contribution in [3.05, 3.63) is 53.9 Å². The summed E-state index contributed by atoms with van der Waals surface area (Å²) in [6, 6.07) is 9.80. The molecule has 24 heavy (non-hydrogen) atoms. The summed E-state index contributed by atoms with van der Waals surface area (Å²) in [6.07, 6.45) is 10.4. The summed E-state index contributed by atoms with van der Waals surface area (Å²) in [7, 11) is 1.67. The van der Waals surface area contributed by atoms with E-state index >= 15 is 0 Å². The summed E-state index contributed by atoms with van der Waals surface area (Å²) in [6.45, 7) is 0.667. The van der Waals surface area contributed by atoms with Gasteiger partial charge in [-0.3, -0.25) is 4.98 Å². The van der Waals surface area contributed by atoms with E-state index in [1.54, 1.807) is 25.7 Å². The highest BCUT2D eigenvalue weighted by molar-refractivity contribution is 5.80. The second-order valence-corrected chi connectivity index (χ2v) is 5.88. The van der Waals surface area contributed by atoms with Crippen molar-refractivity contribution in [2.45, 2.75) is 38.3 Å². The molecule has 0 saturated heterocycles. The zero-order chi connectivity index (χ0) is 16.6. The number of hydrogen-bond acceptors (Lipinski definition) is 5. The zero-order valence-corrected chi connectivity index (χ0v) is 13.9. The number of benzene rings is 1. The lowest BCUT2D eigenvalue weighted by Gasteiger charge is -2.16. The average Bonchev–Trinajstić information content (AvgIpc) is 3.13. The highest BCUT2D eigenvalue weighted by atomic mass is 16.5. The molecule has 1 N–H and O–H groups in total. The number of nitrogens with one attached hydrogen (secondary N) is 1. The number of hydrazone groups is 1. The second kappa shape index (κ2) is 8.34. The Bertz CT molecular complexity index is 668. The Kier molecular flexibility index (Phi) is 5.66. The number of hydrogen-bond donors (Lipinski definition) is 1. The van der Waals surface area contributed by atoms with Gasteiger partial charge in [-0.2, -0.15) is 5.10 Å². The molecule has 0 unspecified atom stereocenters. The second-order valence-electron chi connectivity index (χ2n) is 5.88. The summed E-state index contributed by atoms with van der Waals surface area (Å²) in [5.74, 6) is 1.56. The summed E-state index contributed by atoms with van der Waals surface area (Å²) in [4.78, 5) is 4.00. The molecule has 1 aromatic heterocycles. The first-order valence-corrected chi connectivity index (χ1v) is 8.34. The van der Waals surface area contributed by atoms with Gasteiger partial charge in [0.15, 0.2) is 11.5 Å². The first-order valence-electron chi connectivity index (χ1n) is 8.34. The first kappa shape index (κ1) is 16.3. The zero-order valence-electron chi connectivity index (χ0n) is 13.9. The van der Waals surface area contributed by atoms with E-state index in [2.05, 4.69) is 15.5 Å². The lowest BCUT2D eigenvalue weighted by atomic mass is 10.2. The molecular formula is C19H23N3O2. The largest absolute Gasteiger partial charge is 0.493 e. The quantitative estimate of drug-likeness (QED) is 0.625. The van der Waals surface area contributed by atoms with Crippen LogP contribution in [-0.2, 0) is 6.54 Å². The molecular weight excluding hydrogens is 302 g/mol. The van der Waals surface area contributed by atoms with Crippen molar-refractivity contribution in [2.75, 3.05) is 7.11 Å². The predicted molar refractivity (Wildman–Crippen MR) is 94.5 cm³/mol. The molecule has 2 aromatic rings. The van der Waals surface area contributed by atoms with Crippen LogP contribution in [0.4, 0.5) is 0 Å². The molecule has 0 radical (unpaired) electrons. The highest BCUT2D eigenvalue weighted by Gasteiger charge is 2.18. The monoisotopic (exact) mass is 325 g/mol. The van der Waals surface area contributed by atoms with E-state index in [0.29, 0.717) is 12.6 Å². The van der Waals surface area contributed by atoms with Crippen LogP contribution in [0.5, 0.6) is 11.5 Å². The van der Waals surface area contributed by atoms with Gasteiger partial charge in [0.2, 0.25) is 0 Å². The molecule has 0 aliphatic heterocycles. The number of aromatic nitrogens is 1. The van der Waals surface area contributed by atoms with E-state index in [4.69, 9.17) is 9.47 Å². The fourth-order valence-electron chi connectivity index (χ4n) is 2.81. The molecule has 5 heteroatoms. The Morgan fingerprint density at radius 2 is 1.96 bits per heavy atom. The highest BCUT2D eigenvalue weighted by Crippen LogP contribution is 2.32. The molecule has 1 fully saturated rings. The molecule has 1 aliphatic rings. The van der Waals surface area contributed by atoms with Crippen molar-refractivity contribution >= 4 is 6.21 Å². The SMILES string of the molecule is COc1ccc(/C=N/NCc2ccncc2)cc1OC1CCCC1. The smallest absolute Gasteiger partial charge is 0.162 e. The molecule has 1 aromatic carbocycles. The molecule has 0 atom stereocenters. The van der Waals surface area contributed by atoms with Crippen LogP contribution >= 0.6 is 0 Å². The van der Waals surface area contributed by atoms with E-state index in [9.17, 15) is 0 Å². The summed E-state index contributed by atoms with van der Waals surface area (Å²) in [5, 5.41) is 4.27. The van der Waals surface area contributed by atoms with Gasteiger partial charge in [-0.25, -0.2) is 0 Å². The Morgan fingerprint density at radius 3 is 2.71 bits per heavy atom. The maximum atomic E-state index is 6.10. The van der Waals surface area contributed by atoms with Crippen LogP contribution in [0.2, 0.25) is 0 Å². The Labute approximate surface area is 142 Å². The molecule has 0 bridgehead atoms. The lowest BCUT2D eigenvalue weighted by Crippen LogP contribution is -2.12. The maximum absolute atomic E-state index is 6.10. The van der Waals surface area contributed by atoms with Crippen LogP contribution < -0.4 is 14.9 Å². The van der Waals surface area contributed by atoms with E-state index in [0.717, 1.165) is 35.5 Å². The Balaban J connectivity index is 1.61. The van der Waals surface area contributed by atoms with Crippen LogP contribution in [0.25, 0.3) is 0 Å². The van der Waals surface area contributed by atoms with Gasteiger partial charge in [-0.15, -0.1) is 0 Å². The number of methoxy groups -OCH3 is 1. The van der Waals surface area contributed by atoms with E-state index in [1.165, 1.54) is 12.8 Å². The molecule has 1 heterocycles. The van der Waals surface area contributed by atoms with Crippen molar-refractivity contribution in [1.82, 2.24) is 10.4 Å². The van der Waals surface area contributed by atoms with E-state index < -0.39 is 0 Å². The van der Waals surface area contributed by atoms with Crippen LogP contribution in [0, 0.1) is 0 Å². The van der Waals surface area contributed by atoms with Crippen LogP contribution in [-0.4, -0.2) is 24.4 Å². The molecule has 1 aliphatic carbocycles. The third kappa shape index (κ3) is 4.47. The van der Waals surface area contributed by atoms with Gasteiger partial charge in [0.1, 0.15) is 0 Å². The minimum atomic E-state index is 0.302. The average molecular weight is 325 g/mol. The van der Waals surface area contributed by atoms with Crippen molar-refractivity contribution < 1.29 is 9.47 Å². The lowest BCUT2D eigenvalue weighted by molar-refractivity contribution is 0.201. The third-order valence-corrected chi connectivity index (χ3v) is 4.12. The van der Waals surface area contributed by atoms with E-state index in [-0.39, 0.29) is 0 Å². The van der Waals surface area contributed by atoms with Gasteiger partial charge < -0.3 is 14.9 Å². The minimum Gasteiger partial charge on any atom is -0.493 e. The standard InChI is InChI=1S/C19H23N3O2/c1-23-18-7-6-16(12-19(18)24-17-4-2-3-5-17)14-22-21-13-15-8-10-20-11-9-15/h6-12,14,17,21H,2-5,13H2,1H3/b22-14+. The number of rotatable bonds is 7. The number of nitrogens with zero attached hydrogens (tertiary/aromatic N) is 2. The topological polar surface area (TPSA) is 55.7 Å². The van der Waals surface area contributed by atoms with Gasteiger partial charge in [0, 0.05) is 12.4 Å². The molecule has 5 nitrogen and oxygen atoms in total. The molecule has 0 amide bonds. The summed E-state index contributed by atoms with van der Waals surface area (Å²) >= 11 is 0. The maximum Gasteiger partial charge on any atom is 0.162 e. The van der Waals surface area contributed by atoms with Gasteiger partial charge in [0.05, 0.1) is 26.0 Å². The Hall–Kier alpha value is -2.56. The molecule has 0 spiro atoms.